The van der Waals surface area contributed by atoms with Crippen molar-refractivity contribution in [3.05, 3.63) is 35.9 Å². The van der Waals surface area contributed by atoms with Gasteiger partial charge in [-0.3, -0.25) is 4.79 Å². The van der Waals surface area contributed by atoms with Crippen LogP contribution in [0.1, 0.15) is 25.3 Å². The number of hydrogen-bond donors (Lipinski definition) is 2. The van der Waals surface area contributed by atoms with Gasteiger partial charge < -0.3 is 20.1 Å². The minimum atomic E-state index is -1.22. The zero-order valence-electron chi connectivity index (χ0n) is 12.7. The number of ether oxygens (including phenoxy) is 1. The van der Waals surface area contributed by atoms with E-state index in [0.717, 1.165) is 18.4 Å². The van der Waals surface area contributed by atoms with E-state index in [-0.39, 0.29) is 5.91 Å². The number of nitrogens with zero attached hydrogens (tertiary/aromatic N) is 1. The first-order valence-corrected chi connectivity index (χ1v) is 7.51. The Bertz CT molecular complexity index is 500. The summed E-state index contributed by atoms with van der Waals surface area (Å²) >= 11 is 0. The fourth-order valence-electron chi connectivity index (χ4n) is 2.55. The number of rotatable bonds is 6. The van der Waals surface area contributed by atoms with Gasteiger partial charge >= 0.3 is 6.09 Å². The monoisotopic (exact) mass is 306 g/mol. The number of carbonyl (C=O) groups is 2. The Morgan fingerprint density at radius 2 is 1.91 bits per heavy atom. The highest BCUT2D eigenvalue weighted by Crippen LogP contribution is 2.13. The first-order chi connectivity index (χ1) is 10.6. The number of amides is 2. The van der Waals surface area contributed by atoms with Gasteiger partial charge in [-0.1, -0.05) is 30.3 Å². The number of carbonyl (C=O) groups excluding carboxylic acids is 1. The number of hydrogen-bond acceptors (Lipinski definition) is 3. The van der Waals surface area contributed by atoms with Gasteiger partial charge in [0.1, 0.15) is 6.04 Å². The molecule has 120 valence electrons. The lowest BCUT2D eigenvalue weighted by Gasteiger charge is -2.27. The molecule has 2 rings (SSSR count). The van der Waals surface area contributed by atoms with Crippen LogP contribution in [0.3, 0.4) is 0 Å². The topological polar surface area (TPSA) is 78.9 Å². The predicted molar refractivity (Wildman–Crippen MR) is 81.5 cm³/mol. The molecule has 1 aromatic carbocycles. The van der Waals surface area contributed by atoms with Crippen LogP contribution in [0.5, 0.6) is 0 Å². The quantitative estimate of drug-likeness (QED) is 0.840. The van der Waals surface area contributed by atoms with E-state index in [1.807, 2.05) is 30.3 Å². The van der Waals surface area contributed by atoms with Crippen LogP contribution in [0.25, 0.3) is 0 Å². The summed E-state index contributed by atoms with van der Waals surface area (Å²) in [5, 5.41) is 11.3. The summed E-state index contributed by atoms with van der Waals surface area (Å²) in [7, 11) is 0. The van der Waals surface area contributed by atoms with Crippen LogP contribution in [0.4, 0.5) is 4.79 Å². The molecule has 0 aromatic heterocycles. The van der Waals surface area contributed by atoms with Crippen molar-refractivity contribution in [2.45, 2.75) is 38.5 Å². The van der Waals surface area contributed by atoms with Crippen LogP contribution >= 0.6 is 0 Å². The Morgan fingerprint density at radius 1 is 1.27 bits per heavy atom. The van der Waals surface area contributed by atoms with Crippen LogP contribution < -0.4 is 5.32 Å². The van der Waals surface area contributed by atoms with Gasteiger partial charge in [0, 0.05) is 13.1 Å². The molecule has 2 atom stereocenters. The minimum Gasteiger partial charge on any atom is -0.465 e. The molecule has 2 N–H and O–H groups in total. The van der Waals surface area contributed by atoms with Crippen LogP contribution in [-0.2, 0) is 16.1 Å². The molecule has 0 radical (unpaired) electrons. The summed E-state index contributed by atoms with van der Waals surface area (Å²) in [5.41, 5.74) is 0.983. The Hall–Kier alpha value is -2.08. The molecule has 22 heavy (non-hydrogen) atoms. The van der Waals surface area contributed by atoms with Gasteiger partial charge in [-0.2, -0.15) is 0 Å². The highest BCUT2D eigenvalue weighted by molar-refractivity contribution is 5.86. The first kappa shape index (κ1) is 16.3. The standard InChI is InChI=1S/C16H22N2O4/c1-12(22-11-13-7-3-2-4-8-13)14(17-16(20)21)15(19)18-9-5-6-10-18/h2-4,7-8,12,14,17H,5-6,9-11H2,1H3,(H,20,21)/t12-,14+/m1/s1. The number of likely N-dealkylation sites (tertiary alicyclic amines) is 1. The largest absolute Gasteiger partial charge is 0.465 e. The molecule has 1 saturated heterocycles. The summed E-state index contributed by atoms with van der Waals surface area (Å²) in [5.74, 6) is -0.208. The highest BCUT2D eigenvalue weighted by atomic mass is 16.5. The maximum atomic E-state index is 12.5. The number of benzene rings is 1. The minimum absolute atomic E-state index is 0.208. The molecule has 1 aliphatic heterocycles. The second-order valence-electron chi connectivity index (χ2n) is 5.46. The Morgan fingerprint density at radius 3 is 2.50 bits per heavy atom. The normalized spacial score (nSPS) is 17.0. The molecule has 1 heterocycles. The average Bonchev–Trinajstić information content (AvgIpc) is 3.05. The summed E-state index contributed by atoms with van der Waals surface area (Å²) < 4.78 is 5.70. The second-order valence-corrected chi connectivity index (χ2v) is 5.46. The maximum Gasteiger partial charge on any atom is 0.405 e. The third kappa shape index (κ3) is 4.46. The fraction of sp³-hybridized carbons (Fsp3) is 0.500. The molecule has 0 saturated carbocycles. The van der Waals surface area contributed by atoms with Crippen LogP contribution in [0.15, 0.2) is 30.3 Å². The molecule has 6 heteroatoms. The summed E-state index contributed by atoms with van der Waals surface area (Å²) in [6.07, 6.45) is 0.173. The Balaban J connectivity index is 1.97. The van der Waals surface area contributed by atoms with E-state index >= 15 is 0 Å². The van der Waals surface area contributed by atoms with E-state index in [9.17, 15) is 9.59 Å². The summed E-state index contributed by atoms with van der Waals surface area (Å²) in [6.45, 7) is 3.43. The van der Waals surface area contributed by atoms with Gasteiger partial charge in [0.2, 0.25) is 5.91 Å². The molecule has 0 spiro atoms. The van der Waals surface area contributed by atoms with Gasteiger partial charge in [-0.15, -0.1) is 0 Å². The number of carboxylic acid groups (broad SMARTS) is 1. The summed E-state index contributed by atoms with van der Waals surface area (Å²) in [6, 6.07) is 8.71. The fourth-order valence-corrected chi connectivity index (χ4v) is 2.55. The van der Waals surface area contributed by atoms with Crippen molar-refractivity contribution >= 4 is 12.0 Å². The van der Waals surface area contributed by atoms with E-state index in [0.29, 0.717) is 19.7 Å². The van der Waals surface area contributed by atoms with Gasteiger partial charge in [0.15, 0.2) is 0 Å². The van der Waals surface area contributed by atoms with Crippen molar-refractivity contribution in [1.82, 2.24) is 10.2 Å². The smallest absolute Gasteiger partial charge is 0.405 e. The van der Waals surface area contributed by atoms with Crippen LogP contribution in [-0.4, -0.2) is 47.2 Å². The lowest BCUT2D eigenvalue weighted by Crippen LogP contribution is -2.53. The molecular weight excluding hydrogens is 284 g/mol. The van der Waals surface area contributed by atoms with Gasteiger partial charge in [-0.25, -0.2) is 4.79 Å². The van der Waals surface area contributed by atoms with Crippen molar-refractivity contribution in [3.63, 3.8) is 0 Å². The van der Waals surface area contributed by atoms with Crippen molar-refractivity contribution in [3.8, 4) is 0 Å². The molecule has 1 aliphatic rings. The second kappa shape index (κ2) is 7.79. The third-order valence-electron chi connectivity index (χ3n) is 3.79. The molecule has 1 aromatic rings. The SMILES string of the molecule is C[C@@H](OCc1ccccc1)[C@H](NC(=O)O)C(=O)N1CCCC1. The van der Waals surface area contributed by atoms with Crippen LogP contribution in [0, 0.1) is 0 Å². The molecule has 0 aliphatic carbocycles. The first-order valence-electron chi connectivity index (χ1n) is 7.51. The van der Waals surface area contributed by atoms with E-state index in [2.05, 4.69) is 5.32 Å². The van der Waals surface area contributed by atoms with Crippen molar-refractivity contribution in [2.75, 3.05) is 13.1 Å². The van der Waals surface area contributed by atoms with E-state index < -0.39 is 18.2 Å². The van der Waals surface area contributed by atoms with Gasteiger partial charge in [0.05, 0.1) is 12.7 Å². The van der Waals surface area contributed by atoms with Crippen molar-refractivity contribution < 1.29 is 19.4 Å². The highest BCUT2D eigenvalue weighted by Gasteiger charge is 2.32. The van der Waals surface area contributed by atoms with Crippen molar-refractivity contribution in [1.29, 1.82) is 0 Å². The molecule has 0 unspecified atom stereocenters. The molecule has 0 bridgehead atoms. The lowest BCUT2D eigenvalue weighted by molar-refractivity contribution is -0.136. The molecular formula is C16H22N2O4. The molecule has 2 amide bonds. The molecule has 6 nitrogen and oxygen atoms in total. The van der Waals surface area contributed by atoms with Gasteiger partial charge in [0.25, 0.3) is 0 Å². The van der Waals surface area contributed by atoms with E-state index in [4.69, 9.17) is 9.84 Å². The zero-order valence-corrected chi connectivity index (χ0v) is 12.7. The summed E-state index contributed by atoms with van der Waals surface area (Å²) in [4.78, 5) is 25.1. The van der Waals surface area contributed by atoms with Crippen LogP contribution in [0.2, 0.25) is 0 Å². The van der Waals surface area contributed by atoms with Gasteiger partial charge in [-0.05, 0) is 25.3 Å². The zero-order chi connectivity index (χ0) is 15.9. The van der Waals surface area contributed by atoms with E-state index in [1.54, 1.807) is 11.8 Å². The van der Waals surface area contributed by atoms with E-state index in [1.165, 1.54) is 0 Å². The third-order valence-corrected chi connectivity index (χ3v) is 3.79. The maximum absolute atomic E-state index is 12.5. The molecule has 1 fully saturated rings. The van der Waals surface area contributed by atoms with Crippen molar-refractivity contribution in [2.24, 2.45) is 0 Å². The Kier molecular flexibility index (Phi) is 5.77. The average molecular weight is 306 g/mol. The lowest BCUT2D eigenvalue weighted by atomic mass is 10.1. The predicted octanol–water partition coefficient (Wildman–Crippen LogP) is 1.85. The Labute approximate surface area is 130 Å². The number of nitrogens with one attached hydrogen (secondary N) is 1.